The van der Waals surface area contributed by atoms with Crippen LogP contribution in [-0.4, -0.2) is 20.2 Å². The van der Waals surface area contributed by atoms with Gasteiger partial charge in [0, 0.05) is 0 Å². The number of hydrogen-bond acceptors (Lipinski definition) is 2. The van der Waals surface area contributed by atoms with E-state index >= 15 is 0 Å². The first kappa shape index (κ1) is 11.8. The molecule has 1 amide bonds. The second kappa shape index (κ2) is 3.62. The first-order chi connectivity index (χ1) is 8.42. The average Bonchev–Trinajstić information content (AvgIpc) is 2.69. The molecule has 1 aromatic heterocycles. The lowest BCUT2D eigenvalue weighted by molar-refractivity contribution is -0.120. The third-order valence-corrected chi connectivity index (χ3v) is 4.48. The SMILES string of the molecule is CC1(C(=O)Nc2nc3ccccc3[nH]2)CC1(Cl)Cl. The largest absolute Gasteiger partial charge is 0.324 e. The number of nitrogens with one attached hydrogen (secondary N) is 2. The molecule has 0 radical (unpaired) electrons. The van der Waals surface area contributed by atoms with E-state index in [1.165, 1.54) is 0 Å². The van der Waals surface area contributed by atoms with Crippen LogP contribution in [0.2, 0.25) is 0 Å². The van der Waals surface area contributed by atoms with Crippen molar-refractivity contribution in [1.82, 2.24) is 9.97 Å². The van der Waals surface area contributed by atoms with Crippen molar-refractivity contribution in [2.75, 3.05) is 5.32 Å². The zero-order chi connectivity index (χ0) is 13.0. The minimum atomic E-state index is -0.969. The Morgan fingerprint density at radius 2 is 2.11 bits per heavy atom. The molecule has 0 spiro atoms. The number of alkyl halides is 2. The number of carbonyl (C=O) groups excluding carboxylic acids is 1. The van der Waals surface area contributed by atoms with Crippen LogP contribution in [-0.2, 0) is 4.79 Å². The van der Waals surface area contributed by atoms with E-state index in [4.69, 9.17) is 23.2 Å². The van der Waals surface area contributed by atoms with Gasteiger partial charge in [0.05, 0.1) is 16.4 Å². The summed E-state index contributed by atoms with van der Waals surface area (Å²) >= 11 is 11.9. The van der Waals surface area contributed by atoms with Crippen molar-refractivity contribution in [3.63, 3.8) is 0 Å². The Kier molecular flexibility index (Phi) is 2.37. The maximum absolute atomic E-state index is 12.0. The van der Waals surface area contributed by atoms with Crippen molar-refractivity contribution in [2.24, 2.45) is 5.41 Å². The molecular weight excluding hydrogens is 273 g/mol. The lowest BCUT2D eigenvalue weighted by Crippen LogP contribution is -2.26. The second-order valence-electron chi connectivity index (χ2n) is 4.77. The normalized spacial score (nSPS) is 25.1. The summed E-state index contributed by atoms with van der Waals surface area (Å²) in [7, 11) is 0. The van der Waals surface area contributed by atoms with Crippen LogP contribution in [0.3, 0.4) is 0 Å². The van der Waals surface area contributed by atoms with Crippen molar-refractivity contribution < 1.29 is 4.79 Å². The molecule has 1 heterocycles. The maximum atomic E-state index is 12.0. The van der Waals surface area contributed by atoms with E-state index in [2.05, 4.69) is 15.3 Å². The summed E-state index contributed by atoms with van der Waals surface area (Å²) in [5, 5.41) is 2.71. The van der Waals surface area contributed by atoms with Gasteiger partial charge in [-0.15, -0.1) is 23.2 Å². The number of amides is 1. The number of rotatable bonds is 2. The van der Waals surface area contributed by atoms with Gasteiger partial charge in [-0.1, -0.05) is 12.1 Å². The Bertz CT molecular complexity index is 604. The standard InChI is InChI=1S/C12H11Cl2N3O/c1-11(6-12(11,13)14)9(18)17-10-15-7-4-2-3-5-8(7)16-10/h2-5H,6H2,1H3,(H2,15,16,17,18). The van der Waals surface area contributed by atoms with Crippen LogP contribution in [0.15, 0.2) is 24.3 Å². The predicted molar refractivity (Wildman–Crippen MR) is 71.9 cm³/mol. The number of H-pyrrole nitrogens is 1. The molecule has 2 N–H and O–H groups in total. The topological polar surface area (TPSA) is 57.8 Å². The van der Waals surface area contributed by atoms with Crippen LogP contribution in [0.4, 0.5) is 5.95 Å². The Hall–Kier alpha value is -1.26. The van der Waals surface area contributed by atoms with E-state index in [1.807, 2.05) is 24.3 Å². The molecule has 1 aromatic carbocycles. The predicted octanol–water partition coefficient (Wildman–Crippen LogP) is 3.09. The quantitative estimate of drug-likeness (QED) is 0.832. The van der Waals surface area contributed by atoms with Gasteiger partial charge < -0.3 is 4.98 Å². The molecule has 0 bridgehead atoms. The molecule has 6 heteroatoms. The Morgan fingerprint density at radius 3 is 2.72 bits per heavy atom. The fourth-order valence-electron chi connectivity index (χ4n) is 1.90. The zero-order valence-corrected chi connectivity index (χ0v) is 11.1. The van der Waals surface area contributed by atoms with Gasteiger partial charge in [-0.2, -0.15) is 0 Å². The Morgan fingerprint density at radius 1 is 1.44 bits per heavy atom. The summed E-state index contributed by atoms with van der Waals surface area (Å²) in [5.74, 6) is 0.199. The smallest absolute Gasteiger partial charge is 0.235 e. The van der Waals surface area contributed by atoms with E-state index in [0.717, 1.165) is 11.0 Å². The van der Waals surface area contributed by atoms with Gasteiger partial charge in [0.15, 0.2) is 0 Å². The number of hydrogen-bond donors (Lipinski definition) is 2. The first-order valence-corrected chi connectivity index (χ1v) is 6.32. The average molecular weight is 284 g/mol. The van der Waals surface area contributed by atoms with Gasteiger partial charge in [0.25, 0.3) is 0 Å². The van der Waals surface area contributed by atoms with Crippen LogP contribution in [0.25, 0.3) is 11.0 Å². The molecule has 0 saturated heterocycles. The molecule has 2 aromatic rings. The fourth-order valence-corrected chi connectivity index (χ4v) is 2.61. The van der Waals surface area contributed by atoms with Crippen molar-refractivity contribution in [3.05, 3.63) is 24.3 Å². The highest BCUT2D eigenvalue weighted by Gasteiger charge is 2.68. The van der Waals surface area contributed by atoms with Crippen LogP contribution in [0.5, 0.6) is 0 Å². The lowest BCUT2D eigenvalue weighted by Gasteiger charge is -2.10. The monoisotopic (exact) mass is 283 g/mol. The number of imidazole rings is 1. The minimum Gasteiger partial charge on any atom is -0.324 e. The molecule has 1 unspecified atom stereocenters. The van der Waals surface area contributed by atoms with Gasteiger partial charge in [-0.05, 0) is 25.5 Å². The number of aromatic amines is 1. The van der Waals surface area contributed by atoms with Crippen LogP contribution in [0, 0.1) is 5.41 Å². The van der Waals surface area contributed by atoms with E-state index < -0.39 is 9.75 Å². The summed E-state index contributed by atoms with van der Waals surface area (Å²) in [5.41, 5.74) is 0.934. The zero-order valence-electron chi connectivity index (χ0n) is 9.63. The molecule has 4 nitrogen and oxygen atoms in total. The first-order valence-electron chi connectivity index (χ1n) is 5.56. The van der Waals surface area contributed by atoms with Crippen LogP contribution < -0.4 is 5.32 Å². The third-order valence-electron chi connectivity index (χ3n) is 3.38. The van der Waals surface area contributed by atoms with Gasteiger partial charge in [-0.3, -0.25) is 10.1 Å². The number of carbonyl (C=O) groups is 1. The number of fused-ring (bicyclic) bond motifs is 1. The Balaban J connectivity index is 1.83. The number of anilines is 1. The molecular formula is C12H11Cl2N3O. The molecule has 1 aliphatic carbocycles. The highest BCUT2D eigenvalue weighted by atomic mass is 35.5. The molecule has 3 rings (SSSR count). The number of para-hydroxylation sites is 2. The van der Waals surface area contributed by atoms with Crippen molar-refractivity contribution >= 4 is 46.1 Å². The summed E-state index contributed by atoms with van der Waals surface area (Å²) in [6.45, 7) is 1.74. The van der Waals surface area contributed by atoms with E-state index in [9.17, 15) is 4.79 Å². The molecule has 1 atom stereocenters. The summed E-state index contributed by atoms with van der Waals surface area (Å²) < 4.78 is -0.969. The molecule has 1 fully saturated rings. The number of halogens is 2. The van der Waals surface area contributed by atoms with Crippen molar-refractivity contribution in [3.8, 4) is 0 Å². The molecule has 18 heavy (non-hydrogen) atoms. The minimum absolute atomic E-state index is 0.216. The second-order valence-corrected chi connectivity index (χ2v) is 6.25. The maximum Gasteiger partial charge on any atom is 0.235 e. The van der Waals surface area contributed by atoms with E-state index in [0.29, 0.717) is 12.4 Å². The molecule has 94 valence electrons. The number of aromatic nitrogens is 2. The highest BCUT2D eigenvalue weighted by Crippen LogP contribution is 2.64. The third kappa shape index (κ3) is 1.68. The van der Waals surface area contributed by atoms with Crippen molar-refractivity contribution in [2.45, 2.75) is 17.7 Å². The summed E-state index contributed by atoms with van der Waals surface area (Å²) in [4.78, 5) is 19.3. The number of benzene rings is 1. The van der Waals surface area contributed by atoms with Gasteiger partial charge >= 0.3 is 0 Å². The molecule has 1 saturated carbocycles. The van der Waals surface area contributed by atoms with E-state index in [1.54, 1.807) is 6.92 Å². The number of nitrogens with zero attached hydrogens (tertiary/aromatic N) is 1. The van der Waals surface area contributed by atoms with Crippen LogP contribution in [0.1, 0.15) is 13.3 Å². The summed E-state index contributed by atoms with van der Waals surface area (Å²) in [6, 6.07) is 7.55. The van der Waals surface area contributed by atoms with Crippen LogP contribution >= 0.6 is 23.2 Å². The van der Waals surface area contributed by atoms with E-state index in [-0.39, 0.29) is 5.91 Å². The summed E-state index contributed by atoms with van der Waals surface area (Å²) in [6.07, 6.45) is 0.454. The lowest BCUT2D eigenvalue weighted by atomic mass is 10.1. The van der Waals surface area contributed by atoms with Gasteiger partial charge in [-0.25, -0.2) is 4.98 Å². The van der Waals surface area contributed by atoms with Crippen molar-refractivity contribution in [1.29, 1.82) is 0 Å². The molecule has 0 aliphatic heterocycles. The fraction of sp³-hybridized carbons (Fsp3) is 0.333. The molecule has 1 aliphatic rings. The highest BCUT2D eigenvalue weighted by molar-refractivity contribution is 6.53. The van der Waals surface area contributed by atoms with Gasteiger partial charge in [0.2, 0.25) is 11.9 Å². The Labute approximate surface area is 114 Å². The van der Waals surface area contributed by atoms with Gasteiger partial charge in [0.1, 0.15) is 4.33 Å².